The number of aromatic amines is 1. The van der Waals surface area contributed by atoms with Crippen molar-refractivity contribution in [3.8, 4) is 17.1 Å². The molecule has 162 valence electrons. The number of nitrogens with zero attached hydrogens (tertiary/aromatic N) is 4. The molecule has 1 aliphatic rings. The van der Waals surface area contributed by atoms with E-state index in [-0.39, 0.29) is 18.3 Å². The number of morpholine rings is 1. The number of halogens is 1. The van der Waals surface area contributed by atoms with E-state index >= 15 is 0 Å². The third kappa shape index (κ3) is 5.34. The van der Waals surface area contributed by atoms with Gasteiger partial charge in [-0.05, 0) is 37.3 Å². The Bertz CT molecular complexity index is 1030. The minimum absolute atomic E-state index is 0.254. The van der Waals surface area contributed by atoms with Crippen LogP contribution in [0, 0.1) is 12.7 Å². The zero-order valence-corrected chi connectivity index (χ0v) is 17.1. The highest BCUT2D eigenvalue weighted by atomic mass is 19.1. The number of nitrogens with one attached hydrogen (secondary N) is 2. The fourth-order valence-corrected chi connectivity index (χ4v) is 3.18. The van der Waals surface area contributed by atoms with Crippen molar-refractivity contribution in [2.75, 3.05) is 44.4 Å². The molecule has 4 rings (SSSR count). The van der Waals surface area contributed by atoms with Crippen molar-refractivity contribution in [3.05, 3.63) is 53.7 Å². The lowest BCUT2D eigenvalue weighted by Crippen LogP contribution is -2.37. The number of anilines is 1. The molecule has 1 saturated heterocycles. The second-order valence-corrected chi connectivity index (χ2v) is 6.99. The minimum Gasteiger partial charge on any atom is -0.476 e. The summed E-state index contributed by atoms with van der Waals surface area (Å²) in [5, 5.41) is 9.57. The summed E-state index contributed by atoms with van der Waals surface area (Å²) in [5.74, 6) is 1.25. The van der Waals surface area contributed by atoms with Gasteiger partial charge in [0.2, 0.25) is 5.88 Å². The zero-order valence-electron chi connectivity index (χ0n) is 17.1. The van der Waals surface area contributed by atoms with E-state index in [1.165, 1.54) is 12.1 Å². The fourth-order valence-electron chi connectivity index (χ4n) is 3.18. The molecule has 0 unspecified atom stereocenters. The summed E-state index contributed by atoms with van der Waals surface area (Å²) in [6.07, 6.45) is 0. The molecule has 1 aliphatic heterocycles. The number of hydrogen-bond acceptors (Lipinski definition) is 7. The van der Waals surface area contributed by atoms with Crippen LogP contribution in [0.4, 0.5) is 10.2 Å². The highest BCUT2D eigenvalue weighted by Gasteiger charge is 2.15. The van der Waals surface area contributed by atoms with Gasteiger partial charge in [0.05, 0.1) is 25.5 Å². The predicted molar refractivity (Wildman–Crippen MR) is 112 cm³/mol. The van der Waals surface area contributed by atoms with Crippen molar-refractivity contribution in [2.24, 2.45) is 0 Å². The molecule has 10 heteroatoms. The van der Waals surface area contributed by atoms with Crippen LogP contribution < -0.4 is 15.0 Å². The number of amides is 1. The van der Waals surface area contributed by atoms with Crippen molar-refractivity contribution < 1.29 is 18.7 Å². The largest absolute Gasteiger partial charge is 0.476 e. The van der Waals surface area contributed by atoms with Crippen LogP contribution in [0.25, 0.3) is 11.3 Å². The summed E-state index contributed by atoms with van der Waals surface area (Å²) in [4.78, 5) is 23.2. The second kappa shape index (κ2) is 9.52. The van der Waals surface area contributed by atoms with Crippen molar-refractivity contribution in [2.45, 2.75) is 6.92 Å². The maximum absolute atomic E-state index is 13.1. The molecule has 0 atom stereocenters. The lowest BCUT2D eigenvalue weighted by molar-refractivity contribution is 0.0941. The SMILES string of the molecule is Cc1nc(OCCNC(=O)c2cc(-c3ccc(F)cc3)n[nH]2)cc(N2CCOCC2)n1. The van der Waals surface area contributed by atoms with E-state index in [0.29, 0.717) is 42.9 Å². The smallest absolute Gasteiger partial charge is 0.269 e. The second-order valence-electron chi connectivity index (χ2n) is 6.99. The number of H-pyrrole nitrogens is 1. The van der Waals surface area contributed by atoms with Crippen LogP contribution in [0.15, 0.2) is 36.4 Å². The van der Waals surface area contributed by atoms with Gasteiger partial charge in [0.15, 0.2) is 0 Å². The number of aryl methyl sites for hydroxylation is 1. The molecular weight excluding hydrogens is 403 g/mol. The summed E-state index contributed by atoms with van der Waals surface area (Å²) in [5.41, 5.74) is 1.59. The molecule has 0 radical (unpaired) electrons. The molecule has 0 spiro atoms. The summed E-state index contributed by atoms with van der Waals surface area (Å²) in [6.45, 7) is 5.24. The topological polar surface area (TPSA) is 105 Å². The Kier molecular flexibility index (Phi) is 6.37. The Morgan fingerprint density at radius 1 is 1.23 bits per heavy atom. The summed E-state index contributed by atoms with van der Waals surface area (Å²) in [6, 6.07) is 9.32. The molecule has 3 heterocycles. The zero-order chi connectivity index (χ0) is 21.6. The molecule has 0 aliphatic carbocycles. The fraction of sp³-hybridized carbons (Fsp3) is 0.333. The van der Waals surface area contributed by atoms with Gasteiger partial charge in [0.1, 0.15) is 29.8 Å². The van der Waals surface area contributed by atoms with E-state index in [1.807, 2.05) is 6.92 Å². The van der Waals surface area contributed by atoms with Crippen molar-refractivity contribution >= 4 is 11.7 Å². The van der Waals surface area contributed by atoms with E-state index in [2.05, 4.69) is 30.4 Å². The first kappa shape index (κ1) is 20.7. The van der Waals surface area contributed by atoms with Crippen molar-refractivity contribution in [3.63, 3.8) is 0 Å². The number of aromatic nitrogens is 4. The lowest BCUT2D eigenvalue weighted by atomic mass is 10.1. The van der Waals surface area contributed by atoms with Gasteiger partial charge in [-0.25, -0.2) is 9.37 Å². The Hall–Kier alpha value is -3.53. The number of benzene rings is 1. The maximum Gasteiger partial charge on any atom is 0.269 e. The van der Waals surface area contributed by atoms with Gasteiger partial charge in [-0.2, -0.15) is 10.1 Å². The van der Waals surface area contributed by atoms with Crippen molar-refractivity contribution in [1.82, 2.24) is 25.5 Å². The van der Waals surface area contributed by atoms with Crippen LogP contribution in [0.3, 0.4) is 0 Å². The molecule has 2 aromatic heterocycles. The van der Waals surface area contributed by atoms with Gasteiger partial charge in [-0.1, -0.05) is 0 Å². The van der Waals surface area contributed by atoms with Crippen molar-refractivity contribution in [1.29, 1.82) is 0 Å². The first-order chi connectivity index (χ1) is 15.1. The lowest BCUT2D eigenvalue weighted by Gasteiger charge is -2.28. The first-order valence-electron chi connectivity index (χ1n) is 9.99. The molecule has 1 amide bonds. The van der Waals surface area contributed by atoms with E-state index < -0.39 is 0 Å². The van der Waals surface area contributed by atoms with Gasteiger partial charge in [-0.3, -0.25) is 9.89 Å². The summed E-state index contributed by atoms with van der Waals surface area (Å²) < 4.78 is 24.1. The quantitative estimate of drug-likeness (QED) is 0.557. The molecule has 31 heavy (non-hydrogen) atoms. The van der Waals surface area contributed by atoms with Crippen LogP contribution >= 0.6 is 0 Å². The highest BCUT2D eigenvalue weighted by molar-refractivity contribution is 5.93. The van der Waals surface area contributed by atoms with E-state index in [0.717, 1.165) is 24.5 Å². The van der Waals surface area contributed by atoms with E-state index in [9.17, 15) is 9.18 Å². The van der Waals surface area contributed by atoms with Gasteiger partial charge in [-0.15, -0.1) is 0 Å². The average molecular weight is 426 g/mol. The van der Waals surface area contributed by atoms with Crippen LogP contribution in [-0.2, 0) is 4.74 Å². The van der Waals surface area contributed by atoms with Gasteiger partial charge in [0, 0.05) is 24.7 Å². The van der Waals surface area contributed by atoms with E-state index in [1.54, 1.807) is 24.3 Å². The number of carbonyl (C=O) groups is 1. The number of carbonyl (C=O) groups excluding carboxylic acids is 1. The van der Waals surface area contributed by atoms with Crippen LogP contribution in [0.5, 0.6) is 5.88 Å². The molecule has 3 aromatic rings. The first-order valence-corrected chi connectivity index (χ1v) is 9.99. The standard InChI is InChI=1S/C21H23FN6O3/c1-14-24-19(28-7-10-30-11-8-28)13-20(25-14)31-9-6-23-21(29)18-12-17(26-27-18)15-2-4-16(22)5-3-15/h2-5,12-13H,6-11H2,1H3,(H,23,29)(H,26,27). The number of hydrogen-bond donors (Lipinski definition) is 2. The van der Waals surface area contributed by atoms with Crippen LogP contribution in [-0.4, -0.2) is 65.5 Å². The molecule has 2 N–H and O–H groups in total. The van der Waals surface area contributed by atoms with Gasteiger partial charge >= 0.3 is 0 Å². The molecule has 1 fully saturated rings. The van der Waals surface area contributed by atoms with Gasteiger partial charge < -0.3 is 19.7 Å². The molecule has 0 saturated carbocycles. The third-order valence-electron chi connectivity index (χ3n) is 4.74. The van der Waals surface area contributed by atoms with Gasteiger partial charge in [0.25, 0.3) is 5.91 Å². The Morgan fingerprint density at radius 3 is 2.77 bits per heavy atom. The highest BCUT2D eigenvalue weighted by Crippen LogP contribution is 2.19. The Labute approximate surface area is 178 Å². The summed E-state index contributed by atoms with van der Waals surface area (Å²) >= 11 is 0. The normalized spacial score (nSPS) is 13.8. The number of rotatable bonds is 7. The minimum atomic E-state index is -0.326. The predicted octanol–water partition coefficient (Wildman–Crippen LogP) is 1.96. The van der Waals surface area contributed by atoms with Crippen LogP contribution in [0.2, 0.25) is 0 Å². The number of ether oxygens (including phenoxy) is 2. The molecule has 0 bridgehead atoms. The Morgan fingerprint density at radius 2 is 2.00 bits per heavy atom. The maximum atomic E-state index is 13.1. The van der Waals surface area contributed by atoms with E-state index in [4.69, 9.17) is 9.47 Å². The molecule has 1 aromatic carbocycles. The third-order valence-corrected chi connectivity index (χ3v) is 4.74. The monoisotopic (exact) mass is 426 g/mol. The molecule has 9 nitrogen and oxygen atoms in total. The summed E-state index contributed by atoms with van der Waals surface area (Å²) in [7, 11) is 0. The average Bonchev–Trinajstić information content (AvgIpc) is 3.28. The molecular formula is C21H23FN6O3. The van der Waals surface area contributed by atoms with Crippen LogP contribution in [0.1, 0.15) is 16.3 Å². The Balaban J connectivity index is 1.28.